The molecule has 27 heavy (non-hydrogen) atoms. The van der Waals surface area contributed by atoms with E-state index < -0.39 is 65.0 Å². The molecule has 0 aliphatic heterocycles. The van der Waals surface area contributed by atoms with Gasteiger partial charge in [0.25, 0.3) is 0 Å². The van der Waals surface area contributed by atoms with Crippen LogP contribution < -0.4 is 0 Å². The zero-order chi connectivity index (χ0) is 21.8. The summed E-state index contributed by atoms with van der Waals surface area (Å²) in [6.45, 7) is 2.95. The fourth-order valence-electron chi connectivity index (χ4n) is 1.28. The van der Waals surface area contributed by atoms with Crippen LogP contribution in [-0.4, -0.2) is 55.0 Å². The van der Waals surface area contributed by atoms with E-state index in [1.807, 2.05) is 0 Å². The van der Waals surface area contributed by atoms with Crippen molar-refractivity contribution >= 4 is 22.1 Å². The van der Waals surface area contributed by atoms with Gasteiger partial charge in [0.15, 0.2) is 0 Å². The summed E-state index contributed by atoms with van der Waals surface area (Å²) >= 11 is 0. The maximum Gasteiger partial charge on any atom is 0.465 e. The van der Waals surface area contributed by atoms with Gasteiger partial charge in [-0.05, 0) is 13.3 Å². The quantitative estimate of drug-likeness (QED) is 0.257. The maximum absolute atomic E-state index is 13.1. The average molecular weight is 434 g/mol. The smallest absolute Gasteiger partial charge is 0.458 e. The summed E-state index contributed by atoms with van der Waals surface area (Å²) in [6.07, 6.45) is -11.8. The van der Waals surface area contributed by atoms with Crippen LogP contribution in [0.3, 0.4) is 0 Å². The number of rotatable bonds is 9. The van der Waals surface area contributed by atoms with Crippen LogP contribution in [0.4, 0.5) is 30.7 Å². The van der Waals surface area contributed by atoms with Gasteiger partial charge in [0, 0.05) is 12.0 Å². The molecule has 1 atom stereocenters. The number of hydrogen-bond acceptors (Lipinski definition) is 6. The molecule has 0 aromatic rings. The zero-order valence-electron chi connectivity index (χ0n) is 13.4. The number of alkyl halides is 7. The van der Waals surface area contributed by atoms with E-state index in [2.05, 4.69) is 16.1 Å². The minimum atomic E-state index is -6.32. The van der Waals surface area contributed by atoms with Crippen LogP contribution in [0, 0.1) is 0 Å². The Balaban J connectivity index is 5.34. The normalized spacial score (nSPS) is 14.4. The summed E-state index contributed by atoms with van der Waals surface area (Å²) in [5, 5.41) is -5.53. The van der Waals surface area contributed by atoms with Gasteiger partial charge in [0.2, 0.25) is 0 Å². The number of carbonyl (C=O) groups is 2. The van der Waals surface area contributed by atoms with Crippen LogP contribution in [0.1, 0.15) is 19.8 Å². The molecule has 0 saturated heterocycles. The second-order valence-corrected chi connectivity index (χ2v) is 6.60. The van der Waals surface area contributed by atoms with Crippen molar-refractivity contribution in [2.45, 2.75) is 43.2 Å². The molecule has 0 aromatic heterocycles. The summed E-state index contributed by atoms with van der Waals surface area (Å²) in [4.78, 5) is 22.3. The van der Waals surface area contributed by atoms with Crippen LogP contribution in [0.2, 0.25) is 0 Å². The van der Waals surface area contributed by atoms with E-state index >= 15 is 0 Å². The number of ether oxygens (including phenoxy) is 2. The Morgan fingerprint density at radius 2 is 1.59 bits per heavy atom. The van der Waals surface area contributed by atoms with Gasteiger partial charge in [-0.2, -0.15) is 39.2 Å². The van der Waals surface area contributed by atoms with Gasteiger partial charge in [0.05, 0.1) is 0 Å². The van der Waals surface area contributed by atoms with Gasteiger partial charge < -0.3 is 9.47 Å². The molecular weight excluding hydrogens is 421 g/mol. The lowest BCUT2D eigenvalue weighted by molar-refractivity contribution is -0.286. The molecule has 0 saturated carbocycles. The highest BCUT2D eigenvalue weighted by molar-refractivity contribution is 7.87. The number of carbonyl (C=O) groups excluding carboxylic acids is 2. The van der Waals surface area contributed by atoms with Crippen LogP contribution >= 0.6 is 0 Å². The summed E-state index contributed by atoms with van der Waals surface area (Å²) in [5.41, 5.74) is -0.274. The van der Waals surface area contributed by atoms with E-state index in [0.29, 0.717) is 0 Å². The van der Waals surface area contributed by atoms with Crippen molar-refractivity contribution in [1.82, 2.24) is 0 Å². The highest BCUT2D eigenvalue weighted by atomic mass is 32.2. The minimum absolute atomic E-state index is 0.274. The van der Waals surface area contributed by atoms with Crippen molar-refractivity contribution in [2.75, 3.05) is 6.61 Å². The molecular formula is C12H13F7O7S. The second kappa shape index (κ2) is 8.41. The fourth-order valence-corrected chi connectivity index (χ4v) is 1.54. The first kappa shape index (κ1) is 25.1. The van der Waals surface area contributed by atoms with E-state index in [-0.39, 0.29) is 5.57 Å². The molecule has 158 valence electrons. The fraction of sp³-hybridized carbons (Fsp3) is 0.667. The Kier molecular flexibility index (Phi) is 7.82. The molecule has 0 aliphatic carbocycles. The van der Waals surface area contributed by atoms with Gasteiger partial charge in [-0.25, -0.2) is 9.59 Å². The first-order chi connectivity index (χ1) is 11.8. The molecule has 15 heteroatoms. The van der Waals surface area contributed by atoms with E-state index in [1.165, 1.54) is 0 Å². The number of esters is 2. The zero-order valence-corrected chi connectivity index (χ0v) is 14.2. The summed E-state index contributed by atoms with van der Waals surface area (Å²) < 4.78 is 126. The number of halogens is 7. The van der Waals surface area contributed by atoms with Gasteiger partial charge in [-0.1, -0.05) is 6.58 Å². The summed E-state index contributed by atoms with van der Waals surface area (Å²) in [6, 6.07) is 0. The molecule has 0 rings (SSSR count). The van der Waals surface area contributed by atoms with Crippen molar-refractivity contribution in [2.24, 2.45) is 0 Å². The molecule has 0 aliphatic rings. The molecule has 7 nitrogen and oxygen atoms in total. The Morgan fingerprint density at radius 3 is 1.96 bits per heavy atom. The van der Waals surface area contributed by atoms with Gasteiger partial charge in [-0.3, -0.25) is 4.55 Å². The second-order valence-electron chi connectivity index (χ2n) is 5.14. The molecule has 0 aromatic carbocycles. The highest BCUT2D eigenvalue weighted by Crippen LogP contribution is 2.39. The predicted octanol–water partition coefficient (Wildman–Crippen LogP) is 2.48. The summed E-state index contributed by atoms with van der Waals surface area (Å²) in [7, 11) is -6.32. The third-order valence-corrected chi connectivity index (χ3v) is 3.59. The topological polar surface area (TPSA) is 107 Å². The Hall–Kier alpha value is -1.90. The third-order valence-electron chi connectivity index (χ3n) is 2.78. The standard InChI is InChI=1S/C12H13F7O7S/c1-6(2)8(20)25-5-7(3-4-10(13,14)12(17,18)19)26-9(21)11(15,16)27(22,23)24/h7H,1,3-5H2,2H3,(H,22,23,24). The molecule has 1 unspecified atom stereocenters. The van der Waals surface area contributed by atoms with E-state index in [0.717, 1.165) is 6.92 Å². The maximum atomic E-state index is 13.1. The minimum Gasteiger partial charge on any atom is -0.458 e. The molecule has 1 N–H and O–H groups in total. The Bertz CT molecular complexity index is 685. The SMILES string of the molecule is C=C(C)C(=O)OCC(CCC(F)(F)C(F)(F)F)OC(=O)C(F)(F)S(=O)(=O)O. The van der Waals surface area contributed by atoms with E-state index in [4.69, 9.17) is 4.55 Å². The first-order valence-corrected chi connectivity index (χ1v) is 8.10. The molecule has 0 spiro atoms. The van der Waals surface area contributed by atoms with Crippen LogP contribution in [-0.2, 0) is 29.2 Å². The lowest BCUT2D eigenvalue weighted by Crippen LogP contribution is -2.43. The largest absolute Gasteiger partial charge is 0.465 e. The van der Waals surface area contributed by atoms with Gasteiger partial charge >= 0.3 is 39.4 Å². The molecule has 0 bridgehead atoms. The van der Waals surface area contributed by atoms with E-state index in [9.17, 15) is 48.7 Å². The predicted molar refractivity (Wildman–Crippen MR) is 72.4 cm³/mol. The lowest BCUT2D eigenvalue weighted by atomic mass is 10.1. The van der Waals surface area contributed by atoms with Crippen molar-refractivity contribution in [1.29, 1.82) is 0 Å². The van der Waals surface area contributed by atoms with Crippen LogP contribution in [0.25, 0.3) is 0 Å². The molecule has 0 fully saturated rings. The van der Waals surface area contributed by atoms with Crippen LogP contribution in [0.5, 0.6) is 0 Å². The van der Waals surface area contributed by atoms with Crippen molar-refractivity contribution in [3.05, 3.63) is 12.2 Å². The Labute approximate surface area is 147 Å². The monoisotopic (exact) mass is 434 g/mol. The first-order valence-electron chi connectivity index (χ1n) is 6.66. The molecule has 0 amide bonds. The van der Waals surface area contributed by atoms with Crippen molar-refractivity contribution in [3.63, 3.8) is 0 Å². The Morgan fingerprint density at radius 1 is 1.11 bits per heavy atom. The highest BCUT2D eigenvalue weighted by Gasteiger charge is 2.58. The third kappa shape index (κ3) is 6.97. The average Bonchev–Trinajstić information content (AvgIpc) is 2.46. The van der Waals surface area contributed by atoms with Gasteiger partial charge in [-0.15, -0.1) is 0 Å². The van der Waals surface area contributed by atoms with Crippen molar-refractivity contribution < 1.29 is 62.8 Å². The lowest BCUT2D eigenvalue weighted by Gasteiger charge is -2.24. The molecule has 0 radical (unpaired) electrons. The summed E-state index contributed by atoms with van der Waals surface area (Å²) in [5.74, 6) is -9.49. The number of hydrogen-bond donors (Lipinski definition) is 1. The van der Waals surface area contributed by atoms with Crippen LogP contribution in [0.15, 0.2) is 12.2 Å². The van der Waals surface area contributed by atoms with Crippen molar-refractivity contribution in [3.8, 4) is 0 Å². The van der Waals surface area contributed by atoms with E-state index in [1.54, 1.807) is 0 Å². The van der Waals surface area contributed by atoms with Gasteiger partial charge in [0.1, 0.15) is 12.7 Å². The molecule has 0 heterocycles.